The highest BCUT2D eigenvalue weighted by atomic mass is 16.6. The number of piperidine rings is 1. The minimum Gasteiger partial charge on any atom is -0.486 e. The number of Topliss-reactive ketones (excluding diaryl/α,β-unsaturated/α-hetero) is 1. The van der Waals surface area contributed by atoms with E-state index < -0.39 is 17.1 Å². The predicted molar refractivity (Wildman–Crippen MR) is 118 cm³/mol. The van der Waals surface area contributed by atoms with E-state index in [1.165, 1.54) is 6.20 Å². The molecule has 8 heteroatoms. The fourth-order valence-corrected chi connectivity index (χ4v) is 4.07. The van der Waals surface area contributed by atoms with Gasteiger partial charge in [0.2, 0.25) is 5.91 Å². The van der Waals surface area contributed by atoms with Crippen LogP contribution in [0.3, 0.4) is 0 Å². The Bertz CT molecular complexity index is 1060. The maximum atomic E-state index is 13.0. The first-order valence-electron chi connectivity index (χ1n) is 10.7. The fraction of sp³-hybridized carbons (Fsp3) is 0.417. The van der Waals surface area contributed by atoms with E-state index in [-0.39, 0.29) is 18.3 Å². The molecule has 0 atom stereocenters. The number of ether oxygens (including phenoxy) is 2. The summed E-state index contributed by atoms with van der Waals surface area (Å²) in [5, 5.41) is 0. The number of ketones is 1. The summed E-state index contributed by atoms with van der Waals surface area (Å²) in [5.74, 6) is 0.0122. The maximum Gasteiger partial charge on any atom is 0.410 e. The van der Waals surface area contributed by atoms with E-state index in [4.69, 9.17) is 15.2 Å². The summed E-state index contributed by atoms with van der Waals surface area (Å²) in [6.45, 7) is 6.47. The standard InChI is InChI=1S/C24H27N3O5/c1-23(2,3)32-22(30)27-10-8-24(9-11-27)13-19(28)17-12-15(5-7-20(17)31-24)18-6-4-16(14-26-18)21(25)29/h4-7,12,14H,8-11,13H2,1-3H3,(H2,25,29). The summed E-state index contributed by atoms with van der Waals surface area (Å²) >= 11 is 0. The van der Waals surface area contributed by atoms with Crippen LogP contribution in [0.25, 0.3) is 11.3 Å². The smallest absolute Gasteiger partial charge is 0.410 e. The number of hydrogen-bond donors (Lipinski definition) is 1. The molecule has 3 heterocycles. The number of aromatic nitrogens is 1. The molecule has 0 radical (unpaired) electrons. The molecular weight excluding hydrogens is 410 g/mol. The predicted octanol–water partition coefficient (Wildman–Crippen LogP) is 3.58. The molecule has 1 aromatic carbocycles. The Hall–Kier alpha value is -3.42. The zero-order valence-corrected chi connectivity index (χ0v) is 18.5. The molecule has 1 fully saturated rings. The Morgan fingerprint density at radius 3 is 2.47 bits per heavy atom. The van der Waals surface area contributed by atoms with Gasteiger partial charge in [0.25, 0.3) is 0 Å². The van der Waals surface area contributed by atoms with Crippen molar-refractivity contribution in [3.05, 3.63) is 47.7 Å². The first-order valence-corrected chi connectivity index (χ1v) is 10.7. The van der Waals surface area contributed by atoms with Crippen LogP contribution in [-0.4, -0.2) is 52.0 Å². The van der Waals surface area contributed by atoms with Crippen LogP contribution in [0.15, 0.2) is 36.5 Å². The number of likely N-dealkylation sites (tertiary alicyclic amines) is 1. The van der Waals surface area contributed by atoms with Crippen LogP contribution in [0.2, 0.25) is 0 Å². The number of nitrogens with zero attached hydrogens (tertiary/aromatic N) is 2. The van der Waals surface area contributed by atoms with Gasteiger partial charge in [0.1, 0.15) is 17.0 Å². The van der Waals surface area contributed by atoms with Crippen molar-refractivity contribution in [3.8, 4) is 17.0 Å². The second kappa shape index (κ2) is 7.93. The summed E-state index contributed by atoms with van der Waals surface area (Å²) in [6.07, 6.45) is 2.47. The van der Waals surface area contributed by atoms with Crippen molar-refractivity contribution in [2.45, 2.75) is 51.2 Å². The molecule has 0 aliphatic carbocycles. The van der Waals surface area contributed by atoms with E-state index in [1.807, 2.05) is 26.8 Å². The Morgan fingerprint density at radius 1 is 1.16 bits per heavy atom. The van der Waals surface area contributed by atoms with Crippen molar-refractivity contribution >= 4 is 17.8 Å². The normalized spacial score (nSPS) is 17.5. The van der Waals surface area contributed by atoms with E-state index in [2.05, 4.69) is 4.98 Å². The third-order valence-electron chi connectivity index (χ3n) is 5.76. The fourth-order valence-electron chi connectivity index (χ4n) is 4.07. The van der Waals surface area contributed by atoms with Crippen molar-refractivity contribution in [3.63, 3.8) is 0 Å². The average Bonchev–Trinajstić information content (AvgIpc) is 2.73. The van der Waals surface area contributed by atoms with E-state index in [9.17, 15) is 14.4 Å². The van der Waals surface area contributed by atoms with Crippen LogP contribution in [0, 0.1) is 0 Å². The lowest BCUT2D eigenvalue weighted by Gasteiger charge is -2.44. The van der Waals surface area contributed by atoms with Gasteiger partial charge in [0, 0.05) is 37.7 Å². The van der Waals surface area contributed by atoms with Crippen molar-refractivity contribution in [1.29, 1.82) is 0 Å². The van der Waals surface area contributed by atoms with Gasteiger partial charge in [-0.1, -0.05) is 0 Å². The Kier molecular flexibility index (Phi) is 5.40. The van der Waals surface area contributed by atoms with Gasteiger partial charge in [-0.25, -0.2) is 4.79 Å². The average molecular weight is 437 g/mol. The molecule has 4 rings (SSSR count). The van der Waals surface area contributed by atoms with Crippen LogP contribution >= 0.6 is 0 Å². The highest BCUT2D eigenvalue weighted by molar-refractivity contribution is 6.01. The molecule has 1 aromatic heterocycles. The van der Waals surface area contributed by atoms with Crippen LogP contribution in [0.5, 0.6) is 5.75 Å². The molecule has 0 unspecified atom stereocenters. The molecule has 32 heavy (non-hydrogen) atoms. The van der Waals surface area contributed by atoms with E-state index in [1.54, 1.807) is 29.2 Å². The third-order valence-corrected chi connectivity index (χ3v) is 5.76. The number of fused-ring (bicyclic) bond motifs is 1. The second-order valence-corrected chi connectivity index (χ2v) is 9.36. The van der Waals surface area contributed by atoms with Crippen molar-refractivity contribution in [2.75, 3.05) is 13.1 Å². The molecule has 2 aliphatic rings. The van der Waals surface area contributed by atoms with Gasteiger partial charge in [-0.3, -0.25) is 14.6 Å². The van der Waals surface area contributed by atoms with Gasteiger partial charge >= 0.3 is 6.09 Å². The first kappa shape index (κ1) is 21.8. The summed E-state index contributed by atoms with van der Waals surface area (Å²) in [4.78, 5) is 42.6. The number of amides is 2. The van der Waals surface area contributed by atoms with Gasteiger partial charge in [-0.2, -0.15) is 0 Å². The van der Waals surface area contributed by atoms with E-state index >= 15 is 0 Å². The Morgan fingerprint density at radius 2 is 1.88 bits per heavy atom. The zero-order chi connectivity index (χ0) is 23.1. The molecule has 168 valence electrons. The van der Waals surface area contributed by atoms with Gasteiger partial charge in [0.05, 0.1) is 23.2 Å². The summed E-state index contributed by atoms with van der Waals surface area (Å²) < 4.78 is 11.8. The van der Waals surface area contributed by atoms with E-state index in [0.29, 0.717) is 48.5 Å². The molecule has 2 N–H and O–H groups in total. The number of carbonyl (C=O) groups is 3. The Labute approximate surface area is 186 Å². The quantitative estimate of drug-likeness (QED) is 0.769. The number of rotatable bonds is 2. The lowest BCUT2D eigenvalue weighted by atomic mass is 9.82. The minimum absolute atomic E-state index is 0.00701. The number of benzene rings is 1. The minimum atomic E-state index is -0.606. The van der Waals surface area contributed by atoms with Crippen molar-refractivity contribution < 1.29 is 23.9 Å². The number of hydrogen-bond acceptors (Lipinski definition) is 6. The monoisotopic (exact) mass is 437 g/mol. The first-order chi connectivity index (χ1) is 15.1. The largest absolute Gasteiger partial charge is 0.486 e. The number of pyridine rings is 1. The highest BCUT2D eigenvalue weighted by Crippen LogP contribution is 2.40. The topological polar surface area (TPSA) is 112 Å². The summed E-state index contributed by atoms with van der Waals surface area (Å²) in [6, 6.07) is 8.70. The molecule has 2 amide bonds. The molecule has 1 spiro atoms. The number of primary amides is 1. The molecule has 0 saturated carbocycles. The summed E-state index contributed by atoms with van der Waals surface area (Å²) in [7, 11) is 0. The van der Waals surface area contributed by atoms with Crippen molar-refractivity contribution in [1.82, 2.24) is 9.88 Å². The van der Waals surface area contributed by atoms with E-state index in [0.717, 1.165) is 5.56 Å². The van der Waals surface area contributed by atoms with Gasteiger partial charge in [0.15, 0.2) is 5.78 Å². The third kappa shape index (κ3) is 4.44. The van der Waals surface area contributed by atoms with Crippen LogP contribution in [0.1, 0.15) is 60.7 Å². The lowest BCUT2D eigenvalue weighted by molar-refractivity contribution is -0.0226. The molecule has 2 aliphatic heterocycles. The molecule has 1 saturated heterocycles. The lowest BCUT2D eigenvalue weighted by Crippen LogP contribution is -2.52. The van der Waals surface area contributed by atoms with Gasteiger partial charge in [-0.05, 0) is 51.1 Å². The maximum absolute atomic E-state index is 13.0. The SMILES string of the molecule is CC(C)(C)OC(=O)N1CCC2(CC1)CC(=O)c1cc(-c3ccc(C(N)=O)cn3)ccc1O2. The molecular formula is C24H27N3O5. The van der Waals surface area contributed by atoms with Gasteiger partial charge < -0.3 is 20.1 Å². The zero-order valence-electron chi connectivity index (χ0n) is 18.5. The van der Waals surface area contributed by atoms with Crippen LogP contribution in [0.4, 0.5) is 4.79 Å². The molecule has 0 bridgehead atoms. The summed E-state index contributed by atoms with van der Waals surface area (Å²) in [5.41, 5.74) is 6.35. The van der Waals surface area contributed by atoms with Crippen molar-refractivity contribution in [2.24, 2.45) is 5.73 Å². The van der Waals surface area contributed by atoms with Crippen LogP contribution < -0.4 is 10.5 Å². The van der Waals surface area contributed by atoms with Crippen LogP contribution in [-0.2, 0) is 4.74 Å². The molecule has 2 aromatic rings. The Balaban J connectivity index is 1.48. The second-order valence-electron chi connectivity index (χ2n) is 9.36. The number of nitrogens with two attached hydrogens (primary N) is 1. The highest BCUT2D eigenvalue weighted by Gasteiger charge is 2.44. The number of carbonyl (C=O) groups excluding carboxylic acids is 3. The molecule has 8 nitrogen and oxygen atoms in total. The van der Waals surface area contributed by atoms with Gasteiger partial charge in [-0.15, -0.1) is 0 Å².